The normalized spacial score (nSPS) is 11.5. The van der Waals surface area contributed by atoms with Gasteiger partial charge in [-0.05, 0) is 24.4 Å². The number of aromatic amines is 2. The summed E-state index contributed by atoms with van der Waals surface area (Å²) in [6, 6.07) is 20.0. The van der Waals surface area contributed by atoms with Crippen LogP contribution in [-0.2, 0) is 0 Å². The molecule has 0 fully saturated rings. The molecule has 2 aromatic heterocycles. The van der Waals surface area contributed by atoms with Crippen molar-refractivity contribution in [2.24, 2.45) is 0 Å². The fraction of sp³-hybridized carbons (Fsp3) is 0. The number of aromatic nitrogens is 4. The van der Waals surface area contributed by atoms with Gasteiger partial charge in [0.25, 0.3) is 0 Å². The third-order valence-corrected chi connectivity index (χ3v) is 5.23. The molecule has 3 heterocycles. The second-order valence-corrected chi connectivity index (χ2v) is 7.22. The van der Waals surface area contributed by atoms with Crippen molar-refractivity contribution in [2.75, 3.05) is 0 Å². The number of hydrogen-bond acceptors (Lipinski definition) is 7. The Kier molecular flexibility index (Phi) is 4.52. The number of para-hydroxylation sites is 1. The van der Waals surface area contributed by atoms with Gasteiger partial charge in [-0.25, -0.2) is 0 Å². The van der Waals surface area contributed by atoms with Crippen LogP contribution in [0.4, 0.5) is 0 Å². The van der Waals surface area contributed by atoms with Gasteiger partial charge in [0, 0.05) is 16.7 Å². The van der Waals surface area contributed by atoms with Crippen molar-refractivity contribution in [2.45, 2.75) is 0 Å². The van der Waals surface area contributed by atoms with E-state index in [1.54, 1.807) is 18.2 Å². The van der Waals surface area contributed by atoms with Crippen LogP contribution in [0.5, 0.6) is 17.5 Å². The molecule has 8 nitrogen and oxygen atoms in total. The van der Waals surface area contributed by atoms with E-state index >= 15 is 0 Å². The number of hydrogen-bond donors (Lipinski definition) is 3. The number of nitriles is 2. The number of ether oxygens (including phenoxy) is 1. The fourth-order valence-corrected chi connectivity index (χ4v) is 3.88. The van der Waals surface area contributed by atoms with Crippen molar-refractivity contribution >= 4 is 17.8 Å². The van der Waals surface area contributed by atoms with Gasteiger partial charge in [-0.3, -0.25) is 5.10 Å². The molecule has 1 aliphatic heterocycles. The molecule has 0 unspecified atom stereocenters. The summed E-state index contributed by atoms with van der Waals surface area (Å²) >= 11 is 5.27. The van der Waals surface area contributed by atoms with Gasteiger partial charge in [0.1, 0.15) is 23.5 Å². The van der Waals surface area contributed by atoms with Crippen molar-refractivity contribution in [3.05, 3.63) is 76.1 Å². The Morgan fingerprint density at radius 3 is 2.34 bits per heavy atom. The maximum atomic E-state index is 10.5. The Labute approximate surface area is 186 Å². The number of H-pyrrole nitrogens is 2. The number of rotatable bonds is 2. The standard InChI is InChI=1S/C23H12N6O2S/c24-10-13(11-25)16-17-19(12-6-2-1-3-7-12)28-29-22(17)31-21-18(16)20(26-23(32)27-21)14-8-4-5-9-15(14)30/h1-9,30H,(H,28,29)(H,26,27,32). The first-order valence-electron chi connectivity index (χ1n) is 9.42. The predicted molar refractivity (Wildman–Crippen MR) is 118 cm³/mol. The first-order chi connectivity index (χ1) is 15.6. The van der Waals surface area contributed by atoms with Crippen LogP contribution in [0.25, 0.3) is 28.1 Å². The molecule has 0 atom stereocenters. The molecule has 0 aliphatic carbocycles. The summed E-state index contributed by atoms with van der Waals surface area (Å²) in [6.07, 6.45) is 0. The van der Waals surface area contributed by atoms with Crippen LogP contribution >= 0.6 is 12.2 Å². The molecule has 32 heavy (non-hydrogen) atoms. The van der Waals surface area contributed by atoms with E-state index in [9.17, 15) is 15.6 Å². The number of benzene rings is 2. The monoisotopic (exact) mass is 436 g/mol. The van der Waals surface area contributed by atoms with E-state index in [2.05, 4.69) is 20.2 Å². The van der Waals surface area contributed by atoms with E-state index in [1.807, 2.05) is 42.5 Å². The van der Waals surface area contributed by atoms with E-state index < -0.39 is 0 Å². The minimum atomic E-state index is -0.154. The molecule has 0 amide bonds. The molecule has 0 spiro atoms. The molecule has 0 saturated carbocycles. The van der Waals surface area contributed by atoms with Gasteiger partial charge in [0.05, 0.1) is 22.5 Å². The van der Waals surface area contributed by atoms with Crippen LogP contribution in [-0.4, -0.2) is 25.3 Å². The van der Waals surface area contributed by atoms with Crippen LogP contribution in [0.15, 0.2) is 60.2 Å². The lowest BCUT2D eigenvalue weighted by atomic mass is 9.88. The van der Waals surface area contributed by atoms with Gasteiger partial charge in [-0.15, -0.1) is 5.10 Å². The quantitative estimate of drug-likeness (QED) is 0.266. The molecule has 3 N–H and O–H groups in total. The van der Waals surface area contributed by atoms with E-state index in [-0.39, 0.29) is 33.4 Å². The second kappa shape index (κ2) is 7.51. The summed E-state index contributed by atoms with van der Waals surface area (Å²) in [6.45, 7) is 0. The molecule has 1 aliphatic rings. The van der Waals surface area contributed by atoms with E-state index in [4.69, 9.17) is 17.0 Å². The average molecular weight is 436 g/mol. The molecular weight excluding hydrogens is 424 g/mol. The Bertz CT molecular complexity index is 1540. The number of phenols is 1. The zero-order valence-electron chi connectivity index (χ0n) is 16.2. The van der Waals surface area contributed by atoms with Crippen LogP contribution in [0.2, 0.25) is 0 Å². The fourth-order valence-electron chi connectivity index (χ4n) is 3.69. The lowest BCUT2D eigenvalue weighted by Crippen LogP contribution is -2.09. The molecule has 0 radical (unpaired) electrons. The Balaban J connectivity index is 1.91. The lowest BCUT2D eigenvalue weighted by Gasteiger charge is -2.22. The minimum absolute atomic E-state index is 0.0114. The summed E-state index contributed by atoms with van der Waals surface area (Å²) in [7, 11) is 0. The van der Waals surface area contributed by atoms with Crippen LogP contribution in [0.3, 0.4) is 0 Å². The summed E-state index contributed by atoms with van der Waals surface area (Å²) in [5, 5.41) is 37.3. The zero-order valence-corrected chi connectivity index (χ0v) is 17.1. The maximum Gasteiger partial charge on any atom is 0.248 e. The molecule has 9 heteroatoms. The highest BCUT2D eigenvalue weighted by atomic mass is 32.1. The van der Waals surface area contributed by atoms with Gasteiger partial charge in [0.15, 0.2) is 0 Å². The predicted octanol–water partition coefficient (Wildman–Crippen LogP) is 4.86. The lowest BCUT2D eigenvalue weighted by molar-refractivity contribution is 0.434. The van der Waals surface area contributed by atoms with Crippen molar-refractivity contribution in [3.8, 4) is 52.2 Å². The Hall–Kier alpha value is -4.73. The highest BCUT2D eigenvalue weighted by Crippen LogP contribution is 2.50. The highest BCUT2D eigenvalue weighted by molar-refractivity contribution is 7.71. The molecular formula is C23H12N6O2S. The first-order valence-corrected chi connectivity index (χ1v) is 9.82. The van der Waals surface area contributed by atoms with E-state index in [0.717, 1.165) is 5.56 Å². The Morgan fingerprint density at radius 1 is 0.938 bits per heavy atom. The molecule has 0 saturated heterocycles. The average Bonchev–Trinajstić information content (AvgIpc) is 3.23. The van der Waals surface area contributed by atoms with Crippen molar-refractivity contribution in [1.82, 2.24) is 20.2 Å². The third-order valence-electron chi connectivity index (χ3n) is 5.03. The molecule has 2 aromatic carbocycles. The number of phenolic OH excluding ortho intramolecular Hbond substituents is 1. The van der Waals surface area contributed by atoms with Crippen LogP contribution < -0.4 is 4.74 Å². The smallest absolute Gasteiger partial charge is 0.248 e. The first kappa shape index (κ1) is 19.2. The van der Waals surface area contributed by atoms with Crippen molar-refractivity contribution in [3.63, 3.8) is 0 Å². The number of aromatic hydroxyl groups is 1. The van der Waals surface area contributed by atoms with E-state index in [1.165, 1.54) is 6.07 Å². The highest BCUT2D eigenvalue weighted by Gasteiger charge is 2.35. The zero-order chi connectivity index (χ0) is 22.2. The van der Waals surface area contributed by atoms with Gasteiger partial charge >= 0.3 is 0 Å². The van der Waals surface area contributed by atoms with Crippen molar-refractivity contribution < 1.29 is 9.84 Å². The number of nitrogens with one attached hydrogen (secondary N) is 2. The van der Waals surface area contributed by atoms with E-state index in [0.29, 0.717) is 28.1 Å². The molecule has 5 rings (SSSR count). The van der Waals surface area contributed by atoms with Gasteiger partial charge in [0.2, 0.25) is 16.5 Å². The summed E-state index contributed by atoms with van der Waals surface area (Å²) in [4.78, 5) is 7.25. The number of nitrogens with zero attached hydrogens (tertiary/aromatic N) is 4. The van der Waals surface area contributed by atoms with Gasteiger partial charge in [-0.1, -0.05) is 42.5 Å². The number of allylic oxidation sites excluding steroid dienone is 1. The summed E-state index contributed by atoms with van der Waals surface area (Å²) < 4.78 is 6.07. The van der Waals surface area contributed by atoms with Crippen LogP contribution in [0, 0.1) is 27.4 Å². The number of fused-ring (bicyclic) bond motifs is 2. The molecule has 0 bridgehead atoms. The minimum Gasteiger partial charge on any atom is -0.507 e. The topological polar surface area (TPSA) is 134 Å². The largest absolute Gasteiger partial charge is 0.507 e. The molecule has 4 aromatic rings. The Morgan fingerprint density at radius 2 is 1.62 bits per heavy atom. The SMILES string of the molecule is N#CC(C#N)=C1c2c(n[nH]c2-c2ccccc2)Oc2nc(=S)[nH]c(-c3ccccc3O)c21. The van der Waals surface area contributed by atoms with Crippen LogP contribution in [0.1, 0.15) is 11.1 Å². The maximum absolute atomic E-state index is 10.5. The summed E-state index contributed by atoms with van der Waals surface area (Å²) in [5.41, 5.74) is 3.09. The third kappa shape index (κ3) is 2.93. The molecule has 152 valence electrons. The van der Waals surface area contributed by atoms with Gasteiger partial charge < -0.3 is 14.8 Å². The van der Waals surface area contributed by atoms with Gasteiger partial charge in [-0.2, -0.15) is 15.5 Å². The van der Waals surface area contributed by atoms with Crippen molar-refractivity contribution in [1.29, 1.82) is 10.5 Å². The summed E-state index contributed by atoms with van der Waals surface area (Å²) in [5.74, 6) is 0.247. The second-order valence-electron chi connectivity index (χ2n) is 6.83.